The highest BCUT2D eigenvalue weighted by Crippen LogP contribution is 2.39. The van der Waals surface area contributed by atoms with Gasteiger partial charge in [0.25, 0.3) is 0 Å². The third kappa shape index (κ3) is 4.46. The topological polar surface area (TPSA) is 50.6 Å². The van der Waals surface area contributed by atoms with Crippen LogP contribution in [0.15, 0.2) is 12.4 Å². The van der Waals surface area contributed by atoms with Crippen LogP contribution >= 0.6 is 0 Å². The standard InChI is InChI=1S/C20H34N4O2/c1-4-24(5-2)19(25)8-7-17-9-11-20(26-17)10-6-13-23(16-20)15-18-21-12-14-22(18)3/h12,14,17H,4-11,13,15-16H2,1-3H3/t17-,20-/m0/s1. The van der Waals surface area contributed by atoms with Crippen molar-refractivity contribution in [2.45, 2.75) is 70.6 Å². The summed E-state index contributed by atoms with van der Waals surface area (Å²) in [5, 5.41) is 0. The van der Waals surface area contributed by atoms with Crippen LogP contribution in [0.3, 0.4) is 0 Å². The van der Waals surface area contributed by atoms with Crippen LogP contribution in [0.1, 0.15) is 58.2 Å². The average molecular weight is 363 g/mol. The number of carbonyl (C=O) groups excluding carboxylic acids is 1. The van der Waals surface area contributed by atoms with Gasteiger partial charge in [0.15, 0.2) is 0 Å². The van der Waals surface area contributed by atoms with Gasteiger partial charge in [0.05, 0.1) is 18.2 Å². The summed E-state index contributed by atoms with van der Waals surface area (Å²) in [4.78, 5) is 21.1. The predicted octanol–water partition coefficient (Wildman–Crippen LogP) is 2.58. The van der Waals surface area contributed by atoms with E-state index in [1.165, 1.54) is 6.42 Å². The van der Waals surface area contributed by atoms with Crippen LogP contribution in [0.25, 0.3) is 0 Å². The third-order valence-corrected chi connectivity index (χ3v) is 6.04. The van der Waals surface area contributed by atoms with Gasteiger partial charge in [-0.15, -0.1) is 0 Å². The first kappa shape index (κ1) is 19.4. The van der Waals surface area contributed by atoms with E-state index in [4.69, 9.17) is 4.74 Å². The molecule has 1 amide bonds. The number of aryl methyl sites for hydroxylation is 1. The van der Waals surface area contributed by atoms with Crippen LogP contribution < -0.4 is 0 Å². The Morgan fingerprint density at radius 1 is 1.38 bits per heavy atom. The second-order valence-electron chi connectivity index (χ2n) is 7.83. The van der Waals surface area contributed by atoms with Crippen LogP contribution in [0.2, 0.25) is 0 Å². The molecule has 0 unspecified atom stereocenters. The lowest BCUT2D eigenvalue weighted by atomic mass is 9.89. The lowest BCUT2D eigenvalue weighted by Crippen LogP contribution is -2.48. The van der Waals surface area contributed by atoms with Crippen molar-refractivity contribution in [1.29, 1.82) is 0 Å². The molecule has 1 aromatic rings. The van der Waals surface area contributed by atoms with Crippen LogP contribution in [-0.2, 0) is 23.1 Å². The second kappa shape index (κ2) is 8.53. The Kier molecular flexibility index (Phi) is 6.35. The SMILES string of the molecule is CCN(CC)C(=O)CC[C@H]1CC[C@]2(CCCN(Cc3nccn3C)C2)O1. The average Bonchev–Trinajstić information content (AvgIpc) is 3.21. The molecule has 1 aromatic heterocycles. The minimum Gasteiger partial charge on any atom is -0.370 e. The Morgan fingerprint density at radius 3 is 2.88 bits per heavy atom. The number of amides is 1. The van der Waals surface area contributed by atoms with Crippen molar-refractivity contribution in [2.24, 2.45) is 7.05 Å². The number of ether oxygens (including phenoxy) is 1. The predicted molar refractivity (Wildman–Crippen MR) is 102 cm³/mol. The maximum Gasteiger partial charge on any atom is 0.222 e. The molecule has 2 saturated heterocycles. The zero-order chi connectivity index (χ0) is 18.6. The van der Waals surface area contributed by atoms with Gasteiger partial charge >= 0.3 is 0 Å². The van der Waals surface area contributed by atoms with Gasteiger partial charge in [-0.1, -0.05) is 0 Å². The Morgan fingerprint density at radius 2 is 2.19 bits per heavy atom. The summed E-state index contributed by atoms with van der Waals surface area (Å²) in [5.74, 6) is 1.38. The molecule has 0 aromatic carbocycles. The van der Waals surface area contributed by atoms with Crippen LogP contribution in [-0.4, -0.2) is 63.1 Å². The molecule has 0 N–H and O–H groups in total. The van der Waals surface area contributed by atoms with Crippen molar-refractivity contribution in [3.05, 3.63) is 18.2 Å². The first-order chi connectivity index (χ1) is 12.5. The van der Waals surface area contributed by atoms with Gasteiger partial charge in [-0.2, -0.15) is 0 Å². The largest absolute Gasteiger partial charge is 0.370 e. The number of aromatic nitrogens is 2. The molecule has 0 radical (unpaired) electrons. The molecule has 2 fully saturated rings. The number of hydrogen-bond donors (Lipinski definition) is 0. The Bertz CT molecular complexity index is 598. The van der Waals surface area contributed by atoms with E-state index < -0.39 is 0 Å². The number of carbonyl (C=O) groups is 1. The van der Waals surface area contributed by atoms with E-state index in [9.17, 15) is 4.79 Å². The summed E-state index contributed by atoms with van der Waals surface area (Å²) < 4.78 is 8.62. The monoisotopic (exact) mass is 362 g/mol. The van der Waals surface area contributed by atoms with E-state index in [0.717, 1.165) is 64.2 Å². The minimum atomic E-state index is -0.00761. The highest BCUT2D eigenvalue weighted by atomic mass is 16.5. The molecule has 0 bridgehead atoms. The lowest BCUT2D eigenvalue weighted by molar-refractivity contribution is -0.132. The van der Waals surface area contributed by atoms with Gasteiger partial charge in [-0.3, -0.25) is 9.69 Å². The van der Waals surface area contributed by atoms with Crippen molar-refractivity contribution in [3.63, 3.8) is 0 Å². The fourth-order valence-corrected chi connectivity index (χ4v) is 4.49. The number of hydrogen-bond acceptors (Lipinski definition) is 4. The highest BCUT2D eigenvalue weighted by molar-refractivity contribution is 5.76. The highest BCUT2D eigenvalue weighted by Gasteiger charge is 2.43. The number of likely N-dealkylation sites (tertiary alicyclic amines) is 1. The Hall–Kier alpha value is -1.40. The van der Waals surface area contributed by atoms with Crippen LogP contribution in [0, 0.1) is 0 Å². The summed E-state index contributed by atoms with van der Waals surface area (Å²) in [6.07, 6.45) is 10.1. The number of nitrogens with zero attached hydrogens (tertiary/aromatic N) is 4. The zero-order valence-corrected chi connectivity index (χ0v) is 16.6. The van der Waals surface area contributed by atoms with Crippen molar-refractivity contribution in [3.8, 4) is 0 Å². The molecule has 3 rings (SSSR count). The van der Waals surface area contributed by atoms with Crippen LogP contribution in [0.4, 0.5) is 0 Å². The van der Waals surface area contributed by atoms with E-state index in [1.54, 1.807) is 0 Å². The first-order valence-corrected chi connectivity index (χ1v) is 10.2. The van der Waals surface area contributed by atoms with E-state index in [2.05, 4.69) is 21.5 Å². The molecule has 6 nitrogen and oxygen atoms in total. The smallest absolute Gasteiger partial charge is 0.222 e. The molecule has 2 aliphatic rings. The molecule has 2 aliphatic heterocycles. The minimum absolute atomic E-state index is 0.00761. The van der Waals surface area contributed by atoms with Crippen molar-refractivity contribution >= 4 is 5.91 Å². The van der Waals surface area contributed by atoms with Gasteiger partial charge < -0.3 is 14.2 Å². The van der Waals surface area contributed by atoms with E-state index >= 15 is 0 Å². The maximum absolute atomic E-state index is 12.2. The molecule has 2 atom stereocenters. The summed E-state index contributed by atoms with van der Waals surface area (Å²) in [5.41, 5.74) is -0.00761. The molecule has 146 valence electrons. The van der Waals surface area contributed by atoms with Gasteiger partial charge in [0.1, 0.15) is 5.82 Å². The molecule has 26 heavy (non-hydrogen) atoms. The quantitative estimate of drug-likeness (QED) is 0.748. The number of imidazole rings is 1. The van der Waals surface area contributed by atoms with Crippen LogP contribution in [0.5, 0.6) is 0 Å². The summed E-state index contributed by atoms with van der Waals surface area (Å²) in [6.45, 7) is 8.67. The maximum atomic E-state index is 12.2. The zero-order valence-electron chi connectivity index (χ0n) is 16.6. The number of rotatable bonds is 7. The van der Waals surface area contributed by atoms with Crippen molar-refractivity contribution in [2.75, 3.05) is 26.2 Å². The second-order valence-corrected chi connectivity index (χ2v) is 7.83. The van der Waals surface area contributed by atoms with Gasteiger partial charge in [-0.05, 0) is 52.5 Å². The fourth-order valence-electron chi connectivity index (χ4n) is 4.49. The molecule has 3 heterocycles. The Balaban J connectivity index is 1.50. The van der Waals surface area contributed by atoms with Gasteiger partial charge in [-0.25, -0.2) is 4.98 Å². The Labute approximate surface area is 157 Å². The fraction of sp³-hybridized carbons (Fsp3) is 0.800. The van der Waals surface area contributed by atoms with Crippen molar-refractivity contribution < 1.29 is 9.53 Å². The molecular weight excluding hydrogens is 328 g/mol. The normalized spacial score (nSPS) is 26.5. The van der Waals surface area contributed by atoms with E-state index in [1.807, 2.05) is 31.1 Å². The summed E-state index contributed by atoms with van der Waals surface area (Å²) in [6, 6.07) is 0. The summed E-state index contributed by atoms with van der Waals surface area (Å²) >= 11 is 0. The molecular formula is C20H34N4O2. The molecule has 0 aliphatic carbocycles. The first-order valence-electron chi connectivity index (χ1n) is 10.2. The van der Waals surface area contributed by atoms with Gasteiger partial charge in [0.2, 0.25) is 5.91 Å². The summed E-state index contributed by atoms with van der Waals surface area (Å²) in [7, 11) is 2.05. The van der Waals surface area contributed by atoms with Gasteiger partial charge in [0, 0.05) is 45.5 Å². The third-order valence-electron chi connectivity index (χ3n) is 6.04. The molecule has 6 heteroatoms. The van der Waals surface area contributed by atoms with Crippen molar-refractivity contribution in [1.82, 2.24) is 19.4 Å². The molecule has 0 saturated carbocycles. The van der Waals surface area contributed by atoms with E-state index in [0.29, 0.717) is 6.42 Å². The molecule has 1 spiro atoms. The van der Waals surface area contributed by atoms with E-state index in [-0.39, 0.29) is 17.6 Å². The lowest BCUT2D eigenvalue weighted by Gasteiger charge is -2.40. The number of piperidine rings is 1.